The van der Waals surface area contributed by atoms with E-state index in [-0.39, 0.29) is 29.2 Å². The van der Waals surface area contributed by atoms with E-state index in [9.17, 15) is 18.8 Å². The summed E-state index contributed by atoms with van der Waals surface area (Å²) in [7, 11) is 1.72. The molecule has 6 nitrogen and oxygen atoms in total. The molecule has 0 unspecified atom stereocenters. The van der Waals surface area contributed by atoms with Crippen molar-refractivity contribution in [1.29, 1.82) is 0 Å². The van der Waals surface area contributed by atoms with Crippen LogP contribution < -0.4 is 0 Å². The molecule has 0 atom stereocenters. The van der Waals surface area contributed by atoms with Crippen LogP contribution in [0.25, 0.3) is 0 Å². The molecule has 1 aromatic heterocycles. The molecule has 2 aromatic rings. The number of ketones is 2. The molecular formula is C25H28FN3O3. The smallest absolute Gasteiger partial charge is 0.270 e. The van der Waals surface area contributed by atoms with Gasteiger partial charge in [0.2, 0.25) is 0 Å². The van der Waals surface area contributed by atoms with Crippen molar-refractivity contribution in [3.63, 3.8) is 0 Å². The molecule has 32 heavy (non-hydrogen) atoms. The van der Waals surface area contributed by atoms with Crippen LogP contribution in [0.1, 0.15) is 50.5 Å². The van der Waals surface area contributed by atoms with Crippen LogP contribution in [0, 0.1) is 11.7 Å². The normalized spacial score (nSPS) is 18.2. The van der Waals surface area contributed by atoms with Gasteiger partial charge < -0.3 is 9.47 Å². The Labute approximate surface area is 187 Å². The van der Waals surface area contributed by atoms with Gasteiger partial charge in [-0.1, -0.05) is 12.2 Å². The standard InChI is InChI=1S/C25H28FN3O3/c1-27-14-11-22(30)21-10-17-29(23(21)25(27)32)13-3-2-12-28-15-8-19(9-16-28)24(31)18-4-6-20(26)7-5-18/h2-7,10,17,19H,8-9,11-16H2,1H3/b3-2-. The molecule has 1 amide bonds. The summed E-state index contributed by atoms with van der Waals surface area (Å²) in [5, 5.41) is 0. The highest BCUT2D eigenvalue weighted by Gasteiger charge is 2.28. The van der Waals surface area contributed by atoms with Crippen LogP contribution in [-0.4, -0.2) is 65.1 Å². The van der Waals surface area contributed by atoms with Crippen molar-refractivity contribution in [2.24, 2.45) is 5.92 Å². The van der Waals surface area contributed by atoms with E-state index >= 15 is 0 Å². The van der Waals surface area contributed by atoms with Crippen LogP contribution in [-0.2, 0) is 6.54 Å². The number of hydrogen-bond acceptors (Lipinski definition) is 4. The summed E-state index contributed by atoms with van der Waals surface area (Å²) in [5.41, 5.74) is 1.56. The maximum atomic E-state index is 13.1. The first kappa shape index (κ1) is 22.1. The Morgan fingerprint density at radius 2 is 1.72 bits per heavy atom. The van der Waals surface area contributed by atoms with Gasteiger partial charge in [0.25, 0.3) is 5.91 Å². The van der Waals surface area contributed by atoms with Gasteiger partial charge >= 0.3 is 0 Å². The number of halogens is 1. The minimum Gasteiger partial charge on any atom is -0.340 e. The summed E-state index contributed by atoms with van der Waals surface area (Å²) in [6.07, 6.45) is 7.82. The van der Waals surface area contributed by atoms with Crippen LogP contribution in [0.2, 0.25) is 0 Å². The third kappa shape index (κ3) is 4.72. The van der Waals surface area contributed by atoms with Crippen LogP contribution in [0.3, 0.4) is 0 Å². The van der Waals surface area contributed by atoms with Crippen molar-refractivity contribution in [1.82, 2.24) is 14.4 Å². The molecule has 3 heterocycles. The SMILES string of the molecule is CN1CCC(=O)c2ccn(C/C=C\CN3CCC(C(=O)c4ccc(F)cc4)CC3)c2C1=O. The Morgan fingerprint density at radius 3 is 2.44 bits per heavy atom. The maximum absolute atomic E-state index is 13.1. The lowest BCUT2D eigenvalue weighted by atomic mass is 9.89. The number of nitrogens with zero attached hydrogens (tertiary/aromatic N) is 3. The highest BCUT2D eigenvalue weighted by molar-refractivity contribution is 6.08. The second-order valence-electron chi connectivity index (χ2n) is 8.55. The first-order valence-electron chi connectivity index (χ1n) is 11.1. The Hall–Kier alpha value is -3.06. The highest BCUT2D eigenvalue weighted by Crippen LogP contribution is 2.22. The largest absolute Gasteiger partial charge is 0.340 e. The molecule has 1 fully saturated rings. The molecule has 0 aliphatic carbocycles. The molecule has 2 aliphatic heterocycles. The minimum absolute atomic E-state index is 0.0125. The van der Waals surface area contributed by atoms with Gasteiger partial charge in [-0.25, -0.2) is 4.39 Å². The predicted octanol–water partition coefficient (Wildman–Crippen LogP) is 3.44. The van der Waals surface area contributed by atoms with Crippen molar-refractivity contribution in [3.05, 3.63) is 71.3 Å². The number of fused-ring (bicyclic) bond motifs is 1. The topological polar surface area (TPSA) is 62.6 Å². The second-order valence-corrected chi connectivity index (χ2v) is 8.55. The molecule has 0 spiro atoms. The molecular weight excluding hydrogens is 409 g/mol. The summed E-state index contributed by atoms with van der Waals surface area (Å²) in [6.45, 7) is 3.41. The van der Waals surface area contributed by atoms with E-state index in [4.69, 9.17) is 0 Å². The summed E-state index contributed by atoms with van der Waals surface area (Å²) < 4.78 is 14.9. The number of rotatable bonds is 6. The lowest BCUT2D eigenvalue weighted by Gasteiger charge is -2.30. The fourth-order valence-electron chi connectivity index (χ4n) is 4.41. The Balaban J connectivity index is 1.28. The number of likely N-dealkylation sites (tertiary alicyclic amines) is 1. The van der Waals surface area contributed by atoms with Gasteiger partial charge in [-0.05, 0) is 56.3 Å². The first-order valence-corrected chi connectivity index (χ1v) is 11.1. The molecule has 2 aliphatic rings. The van der Waals surface area contributed by atoms with E-state index in [0.717, 1.165) is 32.5 Å². The molecule has 0 radical (unpaired) electrons. The van der Waals surface area contributed by atoms with Crippen LogP contribution >= 0.6 is 0 Å². The van der Waals surface area contributed by atoms with E-state index in [1.807, 2.05) is 10.6 Å². The number of benzene rings is 1. The number of piperidine rings is 1. The first-order chi connectivity index (χ1) is 15.4. The summed E-state index contributed by atoms with van der Waals surface area (Å²) >= 11 is 0. The van der Waals surface area contributed by atoms with E-state index in [1.165, 1.54) is 12.1 Å². The lowest BCUT2D eigenvalue weighted by Crippen LogP contribution is -2.36. The van der Waals surface area contributed by atoms with Gasteiger partial charge in [0.05, 0.1) is 0 Å². The molecule has 0 bridgehead atoms. The zero-order valence-electron chi connectivity index (χ0n) is 18.3. The zero-order valence-corrected chi connectivity index (χ0v) is 18.3. The van der Waals surface area contributed by atoms with Gasteiger partial charge in [0.1, 0.15) is 11.5 Å². The predicted molar refractivity (Wildman–Crippen MR) is 119 cm³/mol. The summed E-state index contributed by atoms with van der Waals surface area (Å²) in [5.74, 6) is -0.355. The van der Waals surface area contributed by atoms with Crippen LogP contribution in [0.5, 0.6) is 0 Å². The average Bonchev–Trinajstić information content (AvgIpc) is 3.19. The lowest BCUT2D eigenvalue weighted by molar-refractivity contribution is 0.0787. The third-order valence-electron chi connectivity index (χ3n) is 6.41. The van der Waals surface area contributed by atoms with Gasteiger partial charge in [0.15, 0.2) is 11.6 Å². The summed E-state index contributed by atoms with van der Waals surface area (Å²) in [6, 6.07) is 7.53. The van der Waals surface area contributed by atoms with Gasteiger partial charge in [-0.2, -0.15) is 0 Å². The number of amides is 1. The monoisotopic (exact) mass is 437 g/mol. The van der Waals surface area contributed by atoms with Crippen molar-refractivity contribution < 1.29 is 18.8 Å². The van der Waals surface area contributed by atoms with E-state index in [1.54, 1.807) is 36.3 Å². The third-order valence-corrected chi connectivity index (χ3v) is 6.41. The Kier molecular flexibility index (Phi) is 6.65. The molecule has 168 valence electrons. The Bertz CT molecular complexity index is 1030. The molecule has 4 rings (SSSR count). The number of allylic oxidation sites excluding steroid dienone is 1. The quantitative estimate of drug-likeness (QED) is 0.513. The van der Waals surface area contributed by atoms with Crippen molar-refractivity contribution in [3.8, 4) is 0 Å². The van der Waals surface area contributed by atoms with E-state index in [2.05, 4.69) is 11.0 Å². The molecule has 7 heteroatoms. The zero-order chi connectivity index (χ0) is 22.7. The number of hydrogen-bond donors (Lipinski definition) is 0. The van der Waals surface area contributed by atoms with E-state index < -0.39 is 0 Å². The van der Waals surface area contributed by atoms with E-state index in [0.29, 0.717) is 36.3 Å². The van der Waals surface area contributed by atoms with Crippen LogP contribution in [0.4, 0.5) is 4.39 Å². The fraction of sp³-hybridized carbons (Fsp3) is 0.400. The second kappa shape index (κ2) is 9.61. The minimum atomic E-state index is -0.331. The van der Waals surface area contributed by atoms with Gasteiger partial charge in [0, 0.05) is 56.3 Å². The average molecular weight is 438 g/mol. The molecule has 1 saturated heterocycles. The Morgan fingerprint density at radius 1 is 1.03 bits per heavy atom. The number of carbonyl (C=O) groups excluding carboxylic acids is 3. The van der Waals surface area contributed by atoms with Gasteiger partial charge in [-0.3, -0.25) is 19.3 Å². The molecule has 0 saturated carbocycles. The summed E-state index contributed by atoms with van der Waals surface area (Å²) in [4.78, 5) is 41.4. The fourth-order valence-corrected chi connectivity index (χ4v) is 4.41. The molecule has 0 N–H and O–H groups in total. The molecule has 1 aromatic carbocycles. The van der Waals surface area contributed by atoms with Crippen molar-refractivity contribution in [2.45, 2.75) is 25.8 Å². The van der Waals surface area contributed by atoms with Gasteiger partial charge in [-0.15, -0.1) is 0 Å². The van der Waals surface area contributed by atoms with Crippen molar-refractivity contribution >= 4 is 17.5 Å². The maximum Gasteiger partial charge on any atom is 0.270 e. The number of Topliss-reactive ketones (excluding diaryl/α,β-unsaturated/α-hetero) is 2. The number of aromatic nitrogens is 1. The van der Waals surface area contributed by atoms with Crippen molar-refractivity contribution in [2.75, 3.05) is 33.2 Å². The highest BCUT2D eigenvalue weighted by atomic mass is 19.1. The number of carbonyl (C=O) groups is 3. The van der Waals surface area contributed by atoms with Crippen LogP contribution in [0.15, 0.2) is 48.7 Å².